The maximum atomic E-state index is 10.2. The lowest BCUT2D eigenvalue weighted by Crippen LogP contribution is -3.01. The van der Waals surface area contributed by atoms with Gasteiger partial charge in [0.25, 0.3) is 5.45 Å². The molecule has 0 rings (SSSR count). The van der Waals surface area contributed by atoms with Crippen LogP contribution in [0.1, 0.15) is 0 Å². The first kappa shape index (κ1) is 5.64. The van der Waals surface area contributed by atoms with Gasteiger partial charge in [0, 0.05) is 0 Å². The number of nitrogens with one attached hydrogen (secondary N) is 1. The molecule has 0 aliphatic carbocycles. The van der Waals surface area contributed by atoms with Gasteiger partial charge in [0.15, 0.2) is 5.45 Å². The largest absolute Gasteiger partial charge is 0.280 e. The van der Waals surface area contributed by atoms with Crippen LogP contribution in [0.5, 0.6) is 0 Å². The third-order valence-corrected chi connectivity index (χ3v) is 0.128. The summed E-state index contributed by atoms with van der Waals surface area (Å²) in [5, 5.41) is 0. The van der Waals surface area contributed by atoms with E-state index in [4.69, 9.17) is 0 Å². The molecule has 0 bridgehead atoms. The Bertz CT molecular complexity index is 26.5. The van der Waals surface area contributed by atoms with Crippen molar-refractivity contribution in [2.24, 2.45) is 0 Å². The summed E-state index contributed by atoms with van der Waals surface area (Å²) in [5.74, 6) is 0. The van der Waals surface area contributed by atoms with E-state index >= 15 is 0 Å². The highest BCUT2D eigenvalue weighted by molar-refractivity contribution is 3.23. The molecule has 0 aromatic rings. The van der Waals surface area contributed by atoms with Crippen LogP contribution < -0.4 is 5.45 Å². The van der Waals surface area contributed by atoms with Gasteiger partial charge in [0.1, 0.15) is 0 Å². The topological polar surface area (TPSA) is 7.68 Å². The molecule has 0 heterocycles. The second-order valence-corrected chi connectivity index (χ2v) is 0.473. The van der Waals surface area contributed by atoms with E-state index in [1.54, 1.807) is 0 Å². The van der Waals surface area contributed by atoms with E-state index in [0.29, 0.717) is 0 Å². The summed E-state index contributed by atoms with van der Waals surface area (Å²) in [4.78, 5) is 0. The molecule has 1 N–H and O–H groups in total. The van der Waals surface area contributed by atoms with Gasteiger partial charge in [-0.1, -0.05) is 0 Å². The minimum Gasteiger partial charge on any atom is -0.0410 e. The quantitative estimate of drug-likeness (QED) is 0.271. The van der Waals surface area contributed by atoms with Crippen molar-refractivity contribution >= 4 is 0 Å². The highest BCUT2D eigenvalue weighted by Gasteiger charge is 2.16. The molecule has 0 aromatic heterocycles. The Labute approximate surface area is 30.3 Å². The van der Waals surface area contributed by atoms with E-state index in [2.05, 4.69) is 0 Å². The molecule has 38 valence electrons. The van der Waals surface area contributed by atoms with Crippen molar-refractivity contribution in [1.82, 2.24) is 5.45 Å². The molecule has 0 atom stereocenters. The fourth-order valence-corrected chi connectivity index (χ4v) is 0. The predicted molar refractivity (Wildman–Crippen MR) is 7.23 cm³/mol. The van der Waals surface area contributed by atoms with E-state index in [1.807, 2.05) is 0 Å². The summed E-state index contributed by atoms with van der Waals surface area (Å²) in [6.45, 7) is 0. The van der Waals surface area contributed by atoms with Gasteiger partial charge >= 0.3 is 0 Å². The zero-order chi connectivity index (χ0) is 5.15. The van der Waals surface area contributed by atoms with E-state index in [1.165, 1.54) is 0 Å². The maximum Gasteiger partial charge on any atom is 0.280 e. The highest BCUT2D eigenvalue weighted by atomic mass is 19.5. The lowest BCUT2D eigenvalue weighted by molar-refractivity contribution is -1.28. The van der Waals surface area contributed by atoms with Crippen molar-refractivity contribution in [1.29, 1.82) is 0 Å². The van der Waals surface area contributed by atoms with Crippen LogP contribution in [0.25, 0.3) is 0 Å². The lowest BCUT2D eigenvalue weighted by Gasteiger charge is -1.85. The highest BCUT2D eigenvalue weighted by Crippen LogP contribution is 1.71. The molecule has 0 amide bonds. The smallest absolute Gasteiger partial charge is 0.0410 e. The van der Waals surface area contributed by atoms with Crippen LogP contribution in [-0.4, -0.2) is 5.45 Å². The van der Waals surface area contributed by atoms with Crippen molar-refractivity contribution in [2.75, 3.05) is 0 Å². The van der Waals surface area contributed by atoms with Crippen molar-refractivity contribution in [3.05, 3.63) is 0 Å². The minimum atomic E-state index is -2.99. The average Bonchev–Trinajstić information content (AvgIpc) is 1.36. The van der Waals surface area contributed by atoms with Crippen molar-refractivity contribution in [3.63, 3.8) is 0 Å². The van der Waals surface area contributed by atoms with Gasteiger partial charge in [-0.05, 0) is 8.96 Å². The molecule has 0 saturated heterocycles. The normalized spacial score (nSPS) is 11.0. The molecule has 0 fully saturated rings. The van der Waals surface area contributed by atoms with Gasteiger partial charge in [0.05, 0.1) is 8.96 Å². The molecule has 0 unspecified atom stereocenters. The molecule has 0 aliphatic rings. The zero-order valence-electron chi connectivity index (χ0n) is 2.46. The molecular formula is HF4N2+. The lowest BCUT2D eigenvalue weighted by atomic mass is 12.7. The van der Waals surface area contributed by atoms with Crippen LogP contribution in [-0.2, 0) is 0 Å². The van der Waals surface area contributed by atoms with Crippen LogP contribution >= 0.6 is 0 Å². The number of nitrogens with zero attached hydrogens (tertiary/aromatic N) is 1. The van der Waals surface area contributed by atoms with Gasteiger partial charge in [-0.3, -0.25) is 0 Å². The van der Waals surface area contributed by atoms with Crippen LogP contribution in [0.15, 0.2) is 0 Å². The minimum absolute atomic E-state index is 2.25. The first-order valence-electron chi connectivity index (χ1n) is 0.940. The molecule has 0 radical (unpaired) electrons. The van der Waals surface area contributed by atoms with Gasteiger partial charge in [-0.2, -0.15) is 0 Å². The number of quaternary nitrogens is 1. The van der Waals surface area contributed by atoms with Crippen LogP contribution in [0, 0.1) is 0 Å². The predicted octanol–water partition coefficient (Wildman–Crippen LogP) is -0.374. The van der Waals surface area contributed by atoms with E-state index in [9.17, 15) is 17.9 Å². The van der Waals surface area contributed by atoms with Crippen molar-refractivity contribution in [3.8, 4) is 0 Å². The third-order valence-electron chi connectivity index (χ3n) is 0.128. The number of hydrogen-bond acceptors (Lipinski definition) is 1. The standard InChI is InChI=1S/F4N2/c1-5(2)6(3)4/p+1. The van der Waals surface area contributed by atoms with Gasteiger partial charge in [-0.25, -0.2) is 0 Å². The Kier molecular flexibility index (Phi) is 1.82. The summed E-state index contributed by atoms with van der Waals surface area (Å²) < 4.78 is 40.9. The zero-order valence-corrected chi connectivity index (χ0v) is 2.46. The monoisotopic (exact) mass is 105 g/mol. The van der Waals surface area contributed by atoms with Crippen LogP contribution in [0.4, 0.5) is 17.9 Å². The molecule has 0 saturated carbocycles. The fourth-order valence-electron chi connectivity index (χ4n) is 0. The SMILES string of the molecule is FN(F)[NH+](F)F. The fraction of sp³-hybridized carbons (Fsp3) is 0. The molecular weight excluding hydrogens is 104 g/mol. The Morgan fingerprint density at radius 3 is 1.33 bits per heavy atom. The van der Waals surface area contributed by atoms with E-state index in [-0.39, 0.29) is 0 Å². The number of rotatable bonds is 1. The van der Waals surface area contributed by atoms with Gasteiger partial charge in [-0.15, -0.1) is 0 Å². The summed E-state index contributed by atoms with van der Waals surface area (Å²) in [6.07, 6.45) is 0. The van der Waals surface area contributed by atoms with E-state index < -0.39 is 10.9 Å². The van der Waals surface area contributed by atoms with Gasteiger partial charge in [0.2, 0.25) is 0 Å². The number of hydrogen-bond donors (Lipinski definition) is 1. The molecule has 2 nitrogen and oxygen atoms in total. The summed E-state index contributed by atoms with van der Waals surface area (Å²) in [6, 6.07) is 0. The first-order valence-corrected chi connectivity index (χ1v) is 0.940. The van der Waals surface area contributed by atoms with Gasteiger partial charge < -0.3 is 0 Å². The molecule has 6 heteroatoms. The Morgan fingerprint density at radius 1 is 1.17 bits per heavy atom. The maximum absolute atomic E-state index is 10.2. The second-order valence-electron chi connectivity index (χ2n) is 0.473. The summed E-state index contributed by atoms with van der Waals surface area (Å²) in [5.41, 5.74) is -5.24. The second kappa shape index (κ2) is 1.93. The molecule has 0 spiro atoms. The van der Waals surface area contributed by atoms with Crippen molar-refractivity contribution in [2.45, 2.75) is 0 Å². The number of halogens is 4. The first-order chi connectivity index (χ1) is 2.64. The van der Waals surface area contributed by atoms with E-state index in [0.717, 1.165) is 0 Å². The molecule has 6 heavy (non-hydrogen) atoms. The summed E-state index contributed by atoms with van der Waals surface area (Å²) >= 11 is 0. The molecule has 0 aliphatic heterocycles. The molecule has 0 aromatic carbocycles. The van der Waals surface area contributed by atoms with Crippen LogP contribution in [0.2, 0.25) is 0 Å². The Hall–Kier alpha value is -0.360. The average molecular weight is 105 g/mol. The Balaban J connectivity index is 2.99. The summed E-state index contributed by atoms with van der Waals surface area (Å²) in [7, 11) is 0. The Morgan fingerprint density at radius 2 is 1.33 bits per heavy atom. The third kappa shape index (κ3) is 1.91. The van der Waals surface area contributed by atoms with Crippen LogP contribution in [0.3, 0.4) is 0 Å². The van der Waals surface area contributed by atoms with Crippen molar-refractivity contribution < 1.29 is 23.4 Å².